The number of aromatic nitrogens is 1. The van der Waals surface area contributed by atoms with Crippen LogP contribution in [0.2, 0.25) is 0 Å². The minimum Gasteiger partial charge on any atom is -0.386 e. The highest BCUT2D eigenvalue weighted by molar-refractivity contribution is 7.20. The third-order valence-electron chi connectivity index (χ3n) is 3.15. The minimum atomic E-state index is -0.677. The Labute approximate surface area is 130 Å². The fraction of sp³-hybridized carbons (Fsp3) is 0.200. The van der Waals surface area contributed by atoms with Crippen molar-refractivity contribution in [2.45, 2.75) is 13.0 Å². The quantitative estimate of drug-likeness (QED) is 0.777. The maximum absolute atomic E-state index is 12.1. The Morgan fingerprint density at radius 1 is 1.38 bits per heavy atom. The molecule has 0 fully saturated rings. The number of nitrogens with zero attached hydrogens (tertiary/aromatic N) is 1. The Kier molecular flexibility index (Phi) is 4.01. The number of hydrogen-bond acceptors (Lipinski definition) is 5. The molecule has 0 spiro atoms. The topological polar surface area (TPSA) is 62.2 Å². The molecule has 0 aliphatic carbocycles. The zero-order chi connectivity index (χ0) is 14.8. The molecule has 6 heteroatoms. The molecule has 0 saturated carbocycles. The molecule has 0 bridgehead atoms. The van der Waals surface area contributed by atoms with Gasteiger partial charge in [-0.15, -0.1) is 22.7 Å². The lowest BCUT2D eigenvalue weighted by atomic mass is 10.2. The summed E-state index contributed by atoms with van der Waals surface area (Å²) in [6, 6.07) is 9.59. The van der Waals surface area contributed by atoms with Crippen molar-refractivity contribution in [1.82, 2.24) is 10.3 Å². The van der Waals surface area contributed by atoms with Gasteiger partial charge in [-0.1, -0.05) is 12.1 Å². The fourth-order valence-corrected chi connectivity index (χ4v) is 3.85. The lowest BCUT2D eigenvalue weighted by Gasteiger charge is -2.10. The van der Waals surface area contributed by atoms with Crippen LogP contribution in [0, 0.1) is 6.92 Å². The number of hydrogen-bond donors (Lipinski definition) is 2. The van der Waals surface area contributed by atoms with Crippen molar-refractivity contribution in [2.24, 2.45) is 0 Å². The second-order valence-electron chi connectivity index (χ2n) is 4.68. The second kappa shape index (κ2) is 5.93. The van der Waals surface area contributed by atoms with Gasteiger partial charge in [0.25, 0.3) is 5.91 Å². The number of para-hydroxylation sites is 1. The molecule has 1 aromatic carbocycles. The zero-order valence-electron chi connectivity index (χ0n) is 11.4. The van der Waals surface area contributed by atoms with E-state index in [-0.39, 0.29) is 12.5 Å². The van der Waals surface area contributed by atoms with Gasteiger partial charge in [-0.2, -0.15) is 0 Å². The molecule has 0 aliphatic rings. The largest absolute Gasteiger partial charge is 0.386 e. The van der Waals surface area contributed by atoms with E-state index in [1.807, 2.05) is 42.6 Å². The molecule has 0 unspecified atom stereocenters. The van der Waals surface area contributed by atoms with E-state index in [0.717, 1.165) is 20.7 Å². The van der Waals surface area contributed by atoms with Gasteiger partial charge in [0.05, 0.1) is 10.2 Å². The number of aliphatic hydroxyl groups is 1. The summed E-state index contributed by atoms with van der Waals surface area (Å²) >= 11 is 2.85. The summed E-state index contributed by atoms with van der Waals surface area (Å²) in [5.41, 5.74) is 1.86. The van der Waals surface area contributed by atoms with Crippen LogP contribution in [0.15, 0.2) is 35.7 Å². The summed E-state index contributed by atoms with van der Waals surface area (Å²) in [6.07, 6.45) is -0.677. The summed E-state index contributed by atoms with van der Waals surface area (Å²) in [5, 5.41) is 15.2. The molecule has 0 aliphatic heterocycles. The highest BCUT2D eigenvalue weighted by Gasteiger charge is 2.16. The minimum absolute atomic E-state index is 0.191. The van der Waals surface area contributed by atoms with E-state index in [2.05, 4.69) is 10.3 Å². The standard InChI is InChI=1S/C15H14N2O2S2/c1-9-6-7-20-13(9)11(18)8-16-14(19)15-17-10-4-2-3-5-12(10)21-15/h2-7,11,18H,8H2,1H3,(H,16,19)/t11-/m0/s1. The van der Waals surface area contributed by atoms with Crippen LogP contribution in [0.1, 0.15) is 26.3 Å². The maximum Gasteiger partial charge on any atom is 0.280 e. The van der Waals surface area contributed by atoms with Crippen molar-refractivity contribution in [3.05, 3.63) is 51.2 Å². The summed E-state index contributed by atoms with van der Waals surface area (Å²) < 4.78 is 0.984. The molecule has 2 N–H and O–H groups in total. The smallest absolute Gasteiger partial charge is 0.280 e. The molecular formula is C15H14N2O2S2. The molecule has 0 radical (unpaired) electrons. The Morgan fingerprint density at radius 2 is 2.19 bits per heavy atom. The predicted octanol–water partition coefficient (Wildman–Crippen LogP) is 3.13. The number of thiophene rings is 1. The van der Waals surface area contributed by atoms with Crippen LogP contribution in [0.25, 0.3) is 10.2 Å². The molecule has 3 rings (SSSR count). The summed E-state index contributed by atoms with van der Waals surface area (Å²) in [5.74, 6) is -0.246. The van der Waals surface area contributed by atoms with E-state index in [9.17, 15) is 9.90 Å². The first-order valence-electron chi connectivity index (χ1n) is 6.51. The molecule has 0 saturated heterocycles. The van der Waals surface area contributed by atoms with Gasteiger partial charge in [0.15, 0.2) is 5.01 Å². The van der Waals surface area contributed by atoms with E-state index in [1.54, 1.807) is 0 Å². The number of aryl methyl sites for hydroxylation is 1. The number of aliphatic hydroxyl groups excluding tert-OH is 1. The fourth-order valence-electron chi connectivity index (χ4n) is 2.05. The number of nitrogens with one attached hydrogen (secondary N) is 1. The van der Waals surface area contributed by atoms with E-state index in [0.29, 0.717) is 5.01 Å². The number of carbonyl (C=O) groups is 1. The van der Waals surface area contributed by atoms with Gasteiger partial charge in [-0.05, 0) is 36.1 Å². The summed E-state index contributed by atoms with van der Waals surface area (Å²) in [7, 11) is 0. The molecule has 2 heterocycles. The number of thiazole rings is 1. The van der Waals surface area contributed by atoms with E-state index in [4.69, 9.17) is 0 Å². The van der Waals surface area contributed by atoms with Gasteiger partial charge >= 0.3 is 0 Å². The SMILES string of the molecule is Cc1ccsc1[C@@H](O)CNC(=O)c1nc2ccccc2s1. The van der Waals surface area contributed by atoms with Gasteiger partial charge in [-0.3, -0.25) is 4.79 Å². The Bertz CT molecular complexity index is 746. The summed E-state index contributed by atoms with van der Waals surface area (Å²) in [4.78, 5) is 17.3. The molecular weight excluding hydrogens is 304 g/mol. The van der Waals surface area contributed by atoms with Gasteiger partial charge < -0.3 is 10.4 Å². The molecule has 2 aromatic heterocycles. The van der Waals surface area contributed by atoms with Crippen LogP contribution in [-0.4, -0.2) is 22.5 Å². The Balaban J connectivity index is 1.67. The second-order valence-corrected chi connectivity index (χ2v) is 6.66. The van der Waals surface area contributed by atoms with E-state index in [1.165, 1.54) is 22.7 Å². The average Bonchev–Trinajstić information content (AvgIpc) is 3.10. The summed E-state index contributed by atoms with van der Waals surface area (Å²) in [6.45, 7) is 2.14. The molecule has 1 amide bonds. The molecule has 108 valence electrons. The molecule has 4 nitrogen and oxygen atoms in total. The van der Waals surface area contributed by atoms with Crippen LogP contribution >= 0.6 is 22.7 Å². The van der Waals surface area contributed by atoms with Crippen LogP contribution in [0.4, 0.5) is 0 Å². The van der Waals surface area contributed by atoms with Crippen molar-refractivity contribution < 1.29 is 9.90 Å². The molecule has 21 heavy (non-hydrogen) atoms. The molecule has 3 aromatic rings. The first-order valence-corrected chi connectivity index (χ1v) is 8.20. The average molecular weight is 318 g/mol. The molecule has 1 atom stereocenters. The van der Waals surface area contributed by atoms with Crippen molar-refractivity contribution in [1.29, 1.82) is 0 Å². The monoisotopic (exact) mass is 318 g/mol. The van der Waals surface area contributed by atoms with Crippen molar-refractivity contribution >= 4 is 38.8 Å². The lowest BCUT2D eigenvalue weighted by Crippen LogP contribution is -2.28. The first kappa shape index (κ1) is 14.2. The lowest BCUT2D eigenvalue weighted by molar-refractivity contribution is 0.0917. The zero-order valence-corrected chi connectivity index (χ0v) is 13.0. The normalized spacial score (nSPS) is 12.5. The van der Waals surface area contributed by atoms with Crippen LogP contribution in [-0.2, 0) is 0 Å². The van der Waals surface area contributed by atoms with Crippen molar-refractivity contribution in [3.8, 4) is 0 Å². The first-order chi connectivity index (χ1) is 10.1. The highest BCUT2D eigenvalue weighted by Crippen LogP contribution is 2.24. The van der Waals surface area contributed by atoms with Gasteiger partial charge in [0, 0.05) is 11.4 Å². The van der Waals surface area contributed by atoms with E-state index < -0.39 is 6.10 Å². The Hall–Kier alpha value is -1.76. The van der Waals surface area contributed by atoms with Gasteiger partial charge in [0.2, 0.25) is 0 Å². The maximum atomic E-state index is 12.1. The third kappa shape index (κ3) is 2.97. The number of amides is 1. The Morgan fingerprint density at radius 3 is 2.90 bits per heavy atom. The van der Waals surface area contributed by atoms with Gasteiger partial charge in [0.1, 0.15) is 6.10 Å². The van der Waals surface area contributed by atoms with E-state index >= 15 is 0 Å². The predicted molar refractivity (Wildman–Crippen MR) is 86.0 cm³/mol. The van der Waals surface area contributed by atoms with Crippen LogP contribution < -0.4 is 5.32 Å². The third-order valence-corrected chi connectivity index (χ3v) is 5.30. The van der Waals surface area contributed by atoms with Crippen molar-refractivity contribution in [3.63, 3.8) is 0 Å². The number of rotatable bonds is 4. The number of benzene rings is 1. The number of carbonyl (C=O) groups excluding carboxylic acids is 1. The highest BCUT2D eigenvalue weighted by atomic mass is 32.1. The van der Waals surface area contributed by atoms with Crippen LogP contribution in [0.5, 0.6) is 0 Å². The van der Waals surface area contributed by atoms with Crippen LogP contribution in [0.3, 0.4) is 0 Å². The van der Waals surface area contributed by atoms with Crippen molar-refractivity contribution in [2.75, 3.05) is 6.54 Å². The van der Waals surface area contributed by atoms with Gasteiger partial charge in [-0.25, -0.2) is 4.98 Å². The number of fused-ring (bicyclic) bond motifs is 1.